The summed E-state index contributed by atoms with van der Waals surface area (Å²) >= 11 is 6.77. The van der Waals surface area contributed by atoms with Crippen LogP contribution in [-0.4, -0.2) is 17.1 Å². The maximum Gasteiger partial charge on any atom is 0.418 e. The lowest BCUT2D eigenvalue weighted by Gasteiger charge is -2.16. The van der Waals surface area contributed by atoms with E-state index in [1.807, 2.05) is 13.8 Å². The molecule has 0 bridgehead atoms. The third-order valence-corrected chi connectivity index (χ3v) is 4.13. The van der Waals surface area contributed by atoms with Crippen molar-refractivity contribution in [2.75, 3.05) is 5.32 Å². The van der Waals surface area contributed by atoms with Crippen LogP contribution in [0, 0.1) is 3.57 Å². The number of amides is 1. The second kappa shape index (κ2) is 8.87. The number of anilines is 1. The van der Waals surface area contributed by atoms with Crippen molar-refractivity contribution in [3.8, 4) is 5.75 Å². The average Bonchev–Trinajstić information content (AvgIpc) is 2.55. The molecular formula is C18H16F3IN2O2S. The number of thiocarbonyl (C=S) groups is 1. The van der Waals surface area contributed by atoms with Gasteiger partial charge < -0.3 is 10.1 Å². The first kappa shape index (κ1) is 21.4. The number of nitrogens with one attached hydrogen (secondary N) is 2. The minimum atomic E-state index is -4.55. The van der Waals surface area contributed by atoms with Crippen LogP contribution in [0.5, 0.6) is 5.75 Å². The van der Waals surface area contributed by atoms with Gasteiger partial charge in [-0.25, -0.2) is 0 Å². The second-order valence-electron chi connectivity index (χ2n) is 5.79. The molecule has 2 aromatic carbocycles. The minimum absolute atomic E-state index is 0.00165. The van der Waals surface area contributed by atoms with Crippen LogP contribution in [-0.2, 0) is 6.18 Å². The number of carbonyl (C=O) groups is 1. The highest BCUT2D eigenvalue weighted by Gasteiger charge is 2.34. The van der Waals surface area contributed by atoms with Crippen molar-refractivity contribution in [2.24, 2.45) is 0 Å². The predicted octanol–water partition coefficient (Wildman–Crippen LogP) is 5.22. The summed E-state index contributed by atoms with van der Waals surface area (Å²) in [5.74, 6) is 0.0682. The predicted molar refractivity (Wildman–Crippen MR) is 110 cm³/mol. The third-order valence-electron chi connectivity index (χ3n) is 3.25. The smallest absolute Gasteiger partial charge is 0.418 e. The van der Waals surface area contributed by atoms with Crippen LogP contribution in [0.25, 0.3) is 0 Å². The van der Waals surface area contributed by atoms with Gasteiger partial charge in [-0.3, -0.25) is 10.1 Å². The molecular weight excluding hydrogens is 492 g/mol. The van der Waals surface area contributed by atoms with Crippen LogP contribution in [0.3, 0.4) is 0 Å². The highest BCUT2D eigenvalue weighted by molar-refractivity contribution is 14.1. The maximum absolute atomic E-state index is 13.1. The van der Waals surface area contributed by atoms with Gasteiger partial charge in [0.05, 0.1) is 17.4 Å². The number of halogens is 4. The zero-order valence-corrected chi connectivity index (χ0v) is 17.3. The van der Waals surface area contributed by atoms with Crippen LogP contribution in [0.4, 0.5) is 18.9 Å². The summed E-state index contributed by atoms with van der Waals surface area (Å²) in [6.07, 6.45) is -4.55. The molecule has 2 aromatic rings. The molecule has 0 aliphatic carbocycles. The van der Waals surface area contributed by atoms with Gasteiger partial charge in [0, 0.05) is 9.13 Å². The largest absolute Gasteiger partial charge is 0.491 e. The summed E-state index contributed by atoms with van der Waals surface area (Å²) in [7, 11) is 0. The molecule has 0 heterocycles. The number of hydrogen-bond acceptors (Lipinski definition) is 3. The van der Waals surface area contributed by atoms with E-state index in [0.717, 1.165) is 6.07 Å². The van der Waals surface area contributed by atoms with E-state index in [9.17, 15) is 18.0 Å². The fraction of sp³-hybridized carbons (Fsp3) is 0.222. The lowest BCUT2D eigenvalue weighted by Crippen LogP contribution is -2.34. The molecule has 0 saturated carbocycles. The number of benzene rings is 2. The SMILES string of the molecule is CC(C)Oc1ccc(C(=O)NC(=S)Nc2ccc(I)cc2C(F)(F)F)cc1. The molecule has 0 aliphatic heterocycles. The van der Waals surface area contributed by atoms with Gasteiger partial charge in [-0.05, 0) is 91.1 Å². The molecule has 2 rings (SSSR count). The van der Waals surface area contributed by atoms with Gasteiger partial charge in [0.1, 0.15) is 5.75 Å². The van der Waals surface area contributed by atoms with E-state index in [-0.39, 0.29) is 16.9 Å². The van der Waals surface area contributed by atoms with E-state index in [2.05, 4.69) is 10.6 Å². The summed E-state index contributed by atoms with van der Waals surface area (Å²) in [6.45, 7) is 3.76. The highest BCUT2D eigenvalue weighted by atomic mass is 127. The Bertz CT molecular complexity index is 839. The van der Waals surface area contributed by atoms with E-state index in [1.54, 1.807) is 46.9 Å². The molecule has 0 aliphatic rings. The Morgan fingerprint density at radius 1 is 1.15 bits per heavy atom. The standard InChI is InChI=1S/C18H16F3IN2O2S/c1-10(2)26-13-6-3-11(4-7-13)16(25)24-17(27)23-15-8-5-12(22)9-14(15)18(19,20)21/h3-10H,1-2H3,(H2,23,24,25,27). The Morgan fingerprint density at radius 3 is 2.33 bits per heavy atom. The molecule has 27 heavy (non-hydrogen) atoms. The molecule has 0 radical (unpaired) electrons. The van der Waals surface area contributed by atoms with Crippen molar-refractivity contribution in [3.63, 3.8) is 0 Å². The van der Waals surface area contributed by atoms with Crippen molar-refractivity contribution >= 4 is 51.5 Å². The highest BCUT2D eigenvalue weighted by Crippen LogP contribution is 2.35. The van der Waals surface area contributed by atoms with E-state index in [1.165, 1.54) is 12.1 Å². The Labute approximate surface area is 173 Å². The first-order valence-corrected chi connectivity index (χ1v) is 9.31. The van der Waals surface area contributed by atoms with Crippen molar-refractivity contribution in [1.29, 1.82) is 0 Å². The van der Waals surface area contributed by atoms with Crippen LogP contribution in [0.1, 0.15) is 29.8 Å². The molecule has 144 valence electrons. The van der Waals surface area contributed by atoms with E-state index < -0.39 is 17.6 Å². The topological polar surface area (TPSA) is 50.4 Å². The minimum Gasteiger partial charge on any atom is -0.491 e. The van der Waals surface area contributed by atoms with Crippen LogP contribution < -0.4 is 15.4 Å². The van der Waals surface area contributed by atoms with Gasteiger partial charge >= 0.3 is 6.18 Å². The number of carbonyl (C=O) groups excluding carboxylic acids is 1. The fourth-order valence-electron chi connectivity index (χ4n) is 2.15. The van der Waals surface area contributed by atoms with E-state index >= 15 is 0 Å². The monoisotopic (exact) mass is 508 g/mol. The van der Waals surface area contributed by atoms with Crippen LogP contribution >= 0.6 is 34.8 Å². The summed E-state index contributed by atoms with van der Waals surface area (Å²) < 4.78 is 45.4. The molecule has 4 nitrogen and oxygen atoms in total. The molecule has 0 atom stereocenters. The van der Waals surface area contributed by atoms with Crippen molar-refractivity contribution in [2.45, 2.75) is 26.1 Å². The Hall–Kier alpha value is -1.88. The van der Waals surface area contributed by atoms with Crippen LogP contribution in [0.15, 0.2) is 42.5 Å². The lowest BCUT2D eigenvalue weighted by molar-refractivity contribution is -0.137. The molecule has 1 amide bonds. The van der Waals surface area contributed by atoms with Gasteiger partial charge in [0.15, 0.2) is 5.11 Å². The molecule has 0 unspecified atom stereocenters. The van der Waals surface area contributed by atoms with Crippen molar-refractivity contribution in [1.82, 2.24) is 5.32 Å². The Morgan fingerprint density at radius 2 is 1.78 bits per heavy atom. The van der Waals surface area contributed by atoms with Gasteiger partial charge in [-0.2, -0.15) is 13.2 Å². The van der Waals surface area contributed by atoms with E-state index in [4.69, 9.17) is 17.0 Å². The molecule has 0 aromatic heterocycles. The second-order valence-corrected chi connectivity index (χ2v) is 7.44. The third kappa shape index (κ3) is 6.35. The van der Waals surface area contributed by atoms with Gasteiger partial charge in [0.25, 0.3) is 5.91 Å². The first-order chi connectivity index (χ1) is 12.6. The van der Waals surface area contributed by atoms with Crippen LogP contribution in [0.2, 0.25) is 0 Å². The lowest BCUT2D eigenvalue weighted by atomic mass is 10.1. The van der Waals surface area contributed by atoms with Crippen molar-refractivity contribution < 1.29 is 22.7 Å². The number of hydrogen-bond donors (Lipinski definition) is 2. The van der Waals surface area contributed by atoms with Gasteiger partial charge in [-0.15, -0.1) is 0 Å². The summed E-state index contributed by atoms with van der Waals surface area (Å²) in [4.78, 5) is 12.2. The normalized spacial score (nSPS) is 11.2. The average molecular weight is 508 g/mol. The Balaban J connectivity index is 2.07. The molecule has 2 N–H and O–H groups in total. The molecule has 9 heteroatoms. The zero-order chi connectivity index (χ0) is 20.2. The number of alkyl halides is 3. The fourth-order valence-corrected chi connectivity index (χ4v) is 2.84. The summed E-state index contributed by atoms with van der Waals surface area (Å²) in [5.41, 5.74) is -0.788. The molecule has 0 saturated heterocycles. The zero-order valence-electron chi connectivity index (χ0n) is 14.4. The quantitative estimate of drug-likeness (QED) is 0.439. The van der Waals surface area contributed by atoms with Crippen molar-refractivity contribution in [3.05, 3.63) is 57.2 Å². The van der Waals surface area contributed by atoms with E-state index in [0.29, 0.717) is 14.9 Å². The summed E-state index contributed by atoms with van der Waals surface area (Å²) in [6, 6.07) is 10.1. The maximum atomic E-state index is 13.1. The number of ether oxygens (including phenoxy) is 1. The first-order valence-electron chi connectivity index (χ1n) is 7.82. The van der Waals surface area contributed by atoms with Gasteiger partial charge in [-0.1, -0.05) is 0 Å². The number of rotatable bonds is 4. The van der Waals surface area contributed by atoms with Gasteiger partial charge in [0.2, 0.25) is 0 Å². The summed E-state index contributed by atoms with van der Waals surface area (Å²) in [5, 5.41) is 4.58. The molecule has 0 spiro atoms. The molecule has 0 fully saturated rings. The Kier molecular flexibility index (Phi) is 7.04.